The lowest BCUT2D eigenvalue weighted by Gasteiger charge is -2.25. The zero-order valence-corrected chi connectivity index (χ0v) is 21.4. The van der Waals surface area contributed by atoms with Gasteiger partial charge in [0.05, 0.1) is 11.4 Å². The van der Waals surface area contributed by atoms with Crippen molar-refractivity contribution in [1.82, 2.24) is 14.9 Å². The molecule has 7 heteroatoms. The predicted molar refractivity (Wildman–Crippen MR) is 141 cm³/mol. The highest BCUT2D eigenvalue weighted by molar-refractivity contribution is 6.10. The summed E-state index contributed by atoms with van der Waals surface area (Å²) in [5.74, 6) is 4.64. The van der Waals surface area contributed by atoms with Crippen molar-refractivity contribution in [3.8, 4) is 11.8 Å². The third-order valence-corrected chi connectivity index (χ3v) is 5.99. The molecule has 0 radical (unpaired) electrons. The number of carbonyl (C=O) groups excluding carboxylic acids is 3. The van der Waals surface area contributed by atoms with Crippen molar-refractivity contribution in [3.63, 3.8) is 0 Å². The largest absolute Gasteiger partial charge is 0.388 e. The van der Waals surface area contributed by atoms with Crippen molar-refractivity contribution in [2.75, 3.05) is 13.7 Å². The molecule has 0 saturated heterocycles. The minimum atomic E-state index is -1.29. The molecule has 0 bridgehead atoms. The minimum absolute atomic E-state index is 0.0894. The van der Waals surface area contributed by atoms with Crippen LogP contribution in [-0.4, -0.2) is 57.1 Å². The molecule has 1 amide bonds. The van der Waals surface area contributed by atoms with Gasteiger partial charge in [0.2, 0.25) is 0 Å². The summed E-state index contributed by atoms with van der Waals surface area (Å²) in [6.07, 6.45) is 6.53. The molecule has 1 aromatic heterocycles. The van der Waals surface area contributed by atoms with E-state index in [1.165, 1.54) is 12.6 Å². The van der Waals surface area contributed by atoms with E-state index in [0.29, 0.717) is 5.56 Å². The molecule has 3 aromatic rings. The van der Waals surface area contributed by atoms with Crippen molar-refractivity contribution in [2.45, 2.75) is 45.6 Å². The molecule has 1 atom stereocenters. The van der Waals surface area contributed by atoms with Crippen molar-refractivity contribution in [1.29, 1.82) is 0 Å². The molecule has 1 unspecified atom stereocenters. The molecule has 37 heavy (non-hydrogen) atoms. The summed E-state index contributed by atoms with van der Waals surface area (Å²) in [5, 5.41) is 9.18. The lowest BCUT2D eigenvalue weighted by Crippen LogP contribution is -2.48. The lowest BCUT2D eigenvalue weighted by atomic mass is 10.0. The van der Waals surface area contributed by atoms with Crippen molar-refractivity contribution in [2.24, 2.45) is 0 Å². The Hall–Kier alpha value is -4.15. The monoisotopic (exact) mass is 497 g/mol. The number of nitrogens with zero attached hydrogens (tertiary/aromatic N) is 3. The normalized spacial score (nSPS) is 11.2. The smallest absolute Gasteiger partial charge is 0.254 e. The summed E-state index contributed by atoms with van der Waals surface area (Å²) in [5.41, 5.74) is 5.10. The number of aryl methyl sites for hydroxylation is 3. The first-order valence-corrected chi connectivity index (χ1v) is 12.2. The van der Waals surface area contributed by atoms with E-state index in [1.54, 1.807) is 37.4 Å². The zero-order valence-electron chi connectivity index (χ0n) is 21.4. The maximum absolute atomic E-state index is 12.8. The summed E-state index contributed by atoms with van der Waals surface area (Å²) >= 11 is 0. The van der Waals surface area contributed by atoms with Crippen LogP contribution in [0, 0.1) is 18.8 Å². The molecule has 0 aliphatic heterocycles. The lowest BCUT2D eigenvalue weighted by molar-refractivity contribution is -0.134. The summed E-state index contributed by atoms with van der Waals surface area (Å²) in [6.45, 7) is 2.74. The van der Waals surface area contributed by atoms with Gasteiger partial charge in [0.25, 0.3) is 5.91 Å². The second-order valence-electron chi connectivity index (χ2n) is 8.79. The average molecular weight is 498 g/mol. The summed E-state index contributed by atoms with van der Waals surface area (Å²) in [4.78, 5) is 46.7. The Kier molecular flexibility index (Phi) is 9.82. The van der Waals surface area contributed by atoms with Gasteiger partial charge in [-0.3, -0.25) is 24.4 Å². The highest BCUT2D eigenvalue weighted by atomic mass is 16.3. The quantitative estimate of drug-likeness (QED) is 0.341. The fourth-order valence-electron chi connectivity index (χ4n) is 3.83. The van der Waals surface area contributed by atoms with Crippen LogP contribution in [0.4, 0.5) is 0 Å². The van der Waals surface area contributed by atoms with Crippen LogP contribution in [0.1, 0.15) is 58.2 Å². The number of likely N-dealkylation sites (N-methyl/N-ethyl adjacent to an activating group) is 1. The number of hydrogen-bond acceptors (Lipinski definition) is 6. The number of ketones is 2. The van der Waals surface area contributed by atoms with E-state index in [9.17, 15) is 19.5 Å². The molecule has 0 aliphatic rings. The van der Waals surface area contributed by atoms with Gasteiger partial charge in [-0.1, -0.05) is 30.9 Å². The number of Topliss-reactive ketones (excluding diaryl/α,β-unsaturated/α-hetero) is 2. The van der Waals surface area contributed by atoms with Gasteiger partial charge in [0, 0.05) is 42.6 Å². The van der Waals surface area contributed by atoms with Gasteiger partial charge in [0.15, 0.2) is 17.6 Å². The maximum atomic E-state index is 12.8. The van der Waals surface area contributed by atoms with E-state index < -0.39 is 30.1 Å². The van der Waals surface area contributed by atoms with E-state index >= 15 is 0 Å². The van der Waals surface area contributed by atoms with Gasteiger partial charge >= 0.3 is 0 Å². The number of hydrogen-bond donors (Lipinski definition) is 1. The van der Waals surface area contributed by atoms with Crippen molar-refractivity contribution < 1.29 is 19.5 Å². The number of aliphatic hydroxyl groups excluding tert-OH is 1. The standard InChI is InChI=1S/C30H31N3O4/c1-4-27(35)29(28(36)20-34)33(3)30(37)25-16-14-24(15-17-25)13-12-23-10-8-22(9-11-23)6-5-7-26-19-31-21(2)18-32-26/h8-11,14-19,29,34H,4-7,20H2,1-3H3. The Labute approximate surface area is 217 Å². The second-order valence-corrected chi connectivity index (χ2v) is 8.79. The zero-order chi connectivity index (χ0) is 26.8. The molecular weight excluding hydrogens is 466 g/mol. The molecule has 7 nitrogen and oxygen atoms in total. The van der Waals surface area contributed by atoms with Crippen LogP contribution in [0.3, 0.4) is 0 Å². The van der Waals surface area contributed by atoms with Crippen LogP contribution in [0.15, 0.2) is 60.9 Å². The molecule has 1 N–H and O–H groups in total. The first kappa shape index (κ1) is 27.4. The number of benzene rings is 2. The number of rotatable bonds is 10. The van der Waals surface area contributed by atoms with Gasteiger partial charge in [-0.05, 0) is 68.1 Å². The molecule has 1 heterocycles. The Morgan fingerprint density at radius 1 is 0.892 bits per heavy atom. The summed E-state index contributed by atoms with van der Waals surface area (Å²) < 4.78 is 0. The Bertz CT molecular complexity index is 1270. The Morgan fingerprint density at radius 2 is 1.51 bits per heavy atom. The third-order valence-electron chi connectivity index (χ3n) is 5.99. The van der Waals surface area contributed by atoms with Crippen LogP contribution in [0.25, 0.3) is 0 Å². The highest BCUT2D eigenvalue weighted by Crippen LogP contribution is 2.12. The van der Waals surface area contributed by atoms with E-state index in [4.69, 9.17) is 0 Å². The van der Waals surface area contributed by atoms with E-state index in [1.807, 2.05) is 25.3 Å². The second kappa shape index (κ2) is 13.2. The number of carbonyl (C=O) groups is 3. The predicted octanol–water partition coefficient (Wildman–Crippen LogP) is 3.34. The maximum Gasteiger partial charge on any atom is 0.254 e. The molecular formula is C30H31N3O4. The SMILES string of the molecule is CCC(=O)C(C(=O)CO)N(C)C(=O)c1ccc(C#Cc2ccc(CCCc3cnc(C)cn3)cc2)cc1. The molecule has 190 valence electrons. The van der Waals surface area contributed by atoms with Crippen LogP contribution in [0.5, 0.6) is 0 Å². The molecule has 0 saturated carbocycles. The van der Waals surface area contributed by atoms with E-state index in [2.05, 4.69) is 33.9 Å². The van der Waals surface area contributed by atoms with Gasteiger partial charge in [0.1, 0.15) is 6.61 Å². The van der Waals surface area contributed by atoms with Crippen molar-refractivity contribution >= 4 is 17.5 Å². The van der Waals surface area contributed by atoms with Gasteiger partial charge in [-0.15, -0.1) is 0 Å². The Balaban J connectivity index is 1.58. The molecule has 3 rings (SSSR count). The number of amides is 1. The molecule has 0 spiro atoms. The molecule has 2 aromatic carbocycles. The first-order valence-electron chi connectivity index (χ1n) is 12.2. The summed E-state index contributed by atoms with van der Waals surface area (Å²) in [7, 11) is 1.39. The highest BCUT2D eigenvalue weighted by Gasteiger charge is 2.32. The van der Waals surface area contributed by atoms with Gasteiger partial charge < -0.3 is 10.0 Å². The fourth-order valence-corrected chi connectivity index (χ4v) is 3.83. The van der Waals surface area contributed by atoms with Crippen LogP contribution < -0.4 is 0 Å². The van der Waals surface area contributed by atoms with E-state index in [0.717, 1.165) is 46.7 Å². The van der Waals surface area contributed by atoms with Gasteiger partial charge in [-0.25, -0.2) is 0 Å². The average Bonchev–Trinajstić information content (AvgIpc) is 2.93. The topological polar surface area (TPSA) is 100 Å². The Morgan fingerprint density at radius 3 is 2.05 bits per heavy atom. The van der Waals surface area contributed by atoms with Crippen LogP contribution >= 0.6 is 0 Å². The third kappa shape index (κ3) is 7.66. The van der Waals surface area contributed by atoms with Crippen molar-refractivity contribution in [3.05, 3.63) is 94.6 Å². The molecule has 0 aliphatic carbocycles. The number of aliphatic hydroxyl groups is 1. The fraction of sp³-hybridized carbons (Fsp3) is 0.300. The van der Waals surface area contributed by atoms with Gasteiger partial charge in [-0.2, -0.15) is 0 Å². The van der Waals surface area contributed by atoms with Crippen LogP contribution in [0.2, 0.25) is 0 Å². The van der Waals surface area contributed by atoms with E-state index in [-0.39, 0.29) is 6.42 Å². The first-order chi connectivity index (χ1) is 17.8. The minimum Gasteiger partial charge on any atom is -0.388 e. The molecule has 0 fully saturated rings. The van der Waals surface area contributed by atoms with Crippen LogP contribution in [-0.2, 0) is 22.4 Å². The summed E-state index contributed by atoms with van der Waals surface area (Å²) in [6, 6.07) is 13.5. The number of aromatic nitrogens is 2.